The van der Waals surface area contributed by atoms with E-state index in [4.69, 9.17) is 5.11 Å². The van der Waals surface area contributed by atoms with E-state index in [2.05, 4.69) is 4.98 Å². The second kappa shape index (κ2) is 5.27. The molecule has 4 heteroatoms. The number of nitrogens with zero attached hydrogens (tertiary/aromatic N) is 1. The fourth-order valence-electron chi connectivity index (χ4n) is 2.43. The van der Waals surface area contributed by atoms with Crippen molar-refractivity contribution in [2.75, 3.05) is 6.54 Å². The Morgan fingerprint density at radius 2 is 1.55 bits per heavy atom. The third kappa shape index (κ3) is 2.33. The van der Waals surface area contributed by atoms with Crippen LogP contribution < -0.4 is 5.32 Å². The summed E-state index contributed by atoms with van der Waals surface area (Å²) in [5, 5.41) is 12.9. The summed E-state index contributed by atoms with van der Waals surface area (Å²) in [6.45, 7) is 0.521. The van der Waals surface area contributed by atoms with Crippen molar-refractivity contribution in [2.45, 2.75) is 6.42 Å². The van der Waals surface area contributed by atoms with Crippen LogP contribution in [0.5, 0.6) is 0 Å². The summed E-state index contributed by atoms with van der Waals surface area (Å²) in [6, 6.07) is 15.9. The summed E-state index contributed by atoms with van der Waals surface area (Å²) in [6.07, 6.45) is 0.144. The van der Waals surface area contributed by atoms with Crippen molar-refractivity contribution in [2.24, 2.45) is 0 Å². The molecule has 0 atom stereocenters. The average Bonchev–Trinajstić information content (AvgIpc) is 2.46. The van der Waals surface area contributed by atoms with E-state index in [0.717, 1.165) is 27.5 Å². The molecule has 0 fully saturated rings. The standard InChI is InChI=1S/C16H14N2O2/c19-15(20)9-10-17-16-11-5-1-3-7-13(11)18-14-8-4-2-6-12(14)16/h1-8H,9-10H2,(H,17,18)(H,19,20)/p+1. The molecule has 2 aromatic carbocycles. The van der Waals surface area contributed by atoms with Crippen LogP contribution in [0.4, 0.5) is 5.69 Å². The zero-order chi connectivity index (χ0) is 13.9. The van der Waals surface area contributed by atoms with Crippen molar-refractivity contribution in [3.63, 3.8) is 0 Å². The van der Waals surface area contributed by atoms with Gasteiger partial charge in [-0.1, -0.05) is 24.3 Å². The van der Waals surface area contributed by atoms with E-state index < -0.39 is 5.97 Å². The molecule has 0 saturated carbocycles. The number of aliphatic carboxylic acids is 1. The van der Waals surface area contributed by atoms with Crippen molar-refractivity contribution in [1.82, 2.24) is 4.98 Å². The number of pyridine rings is 1. The molecule has 100 valence electrons. The van der Waals surface area contributed by atoms with E-state index in [9.17, 15) is 4.79 Å². The van der Waals surface area contributed by atoms with Gasteiger partial charge in [-0.05, 0) is 24.3 Å². The van der Waals surface area contributed by atoms with Gasteiger partial charge in [-0.2, -0.15) is 0 Å². The fourth-order valence-corrected chi connectivity index (χ4v) is 2.43. The number of para-hydroxylation sites is 2. The maximum Gasteiger partial charge on any atom is 0.309 e. The molecule has 20 heavy (non-hydrogen) atoms. The molecule has 3 rings (SSSR count). The normalized spacial score (nSPS) is 11.0. The Balaban J connectivity index is 2.15. The number of rotatable bonds is 4. The van der Waals surface area contributed by atoms with Crippen LogP contribution in [0, 0.1) is 0 Å². The quantitative estimate of drug-likeness (QED) is 0.711. The van der Waals surface area contributed by atoms with E-state index in [1.54, 1.807) is 0 Å². The lowest BCUT2D eigenvalue weighted by molar-refractivity contribution is -0.567. The smallest absolute Gasteiger partial charge is 0.309 e. The van der Waals surface area contributed by atoms with Gasteiger partial charge in [0, 0.05) is 0 Å². The van der Waals surface area contributed by atoms with Gasteiger partial charge in [0.1, 0.15) is 5.69 Å². The second-order valence-corrected chi connectivity index (χ2v) is 4.70. The molecule has 4 nitrogen and oxygen atoms in total. The molecule has 0 aliphatic heterocycles. The predicted octanol–water partition coefficient (Wildman–Crippen LogP) is 2.06. The number of carboxylic acid groups (broad SMARTS) is 1. The van der Waals surface area contributed by atoms with Gasteiger partial charge in [-0.3, -0.25) is 4.79 Å². The van der Waals surface area contributed by atoms with Crippen LogP contribution in [-0.4, -0.2) is 22.6 Å². The fraction of sp³-hybridized carbons (Fsp3) is 0.125. The first-order chi connectivity index (χ1) is 9.75. The zero-order valence-corrected chi connectivity index (χ0v) is 10.9. The maximum atomic E-state index is 10.7. The van der Waals surface area contributed by atoms with Crippen LogP contribution in [-0.2, 0) is 4.79 Å². The lowest BCUT2D eigenvalue weighted by Gasteiger charge is -2.08. The van der Waals surface area contributed by atoms with Gasteiger partial charge in [-0.25, -0.2) is 4.98 Å². The predicted molar refractivity (Wildman–Crippen MR) is 78.0 cm³/mol. The van der Waals surface area contributed by atoms with Gasteiger partial charge in [0.15, 0.2) is 0 Å². The summed E-state index contributed by atoms with van der Waals surface area (Å²) in [5.74, 6) is -0.774. The van der Waals surface area contributed by atoms with Crippen molar-refractivity contribution in [3.8, 4) is 0 Å². The van der Waals surface area contributed by atoms with Crippen molar-refractivity contribution in [1.29, 1.82) is 0 Å². The Morgan fingerprint density at radius 1 is 1.00 bits per heavy atom. The van der Waals surface area contributed by atoms with E-state index >= 15 is 0 Å². The highest BCUT2D eigenvalue weighted by Crippen LogP contribution is 2.26. The lowest BCUT2D eigenvalue weighted by atomic mass is 10.1. The number of carbonyl (C=O) groups is 1. The van der Waals surface area contributed by atoms with E-state index in [-0.39, 0.29) is 6.42 Å². The van der Waals surface area contributed by atoms with Crippen LogP contribution in [0.15, 0.2) is 48.5 Å². The Kier molecular flexibility index (Phi) is 3.31. The number of fused-ring (bicyclic) bond motifs is 2. The minimum atomic E-state index is -0.774. The van der Waals surface area contributed by atoms with Crippen molar-refractivity contribution < 1.29 is 15.2 Å². The number of nitrogens with two attached hydrogens (primary N) is 1. The van der Waals surface area contributed by atoms with E-state index in [0.29, 0.717) is 6.54 Å². The van der Waals surface area contributed by atoms with Crippen LogP contribution in [0.1, 0.15) is 6.42 Å². The van der Waals surface area contributed by atoms with Gasteiger partial charge in [-0.15, -0.1) is 0 Å². The van der Waals surface area contributed by atoms with Crippen LogP contribution in [0.2, 0.25) is 0 Å². The van der Waals surface area contributed by atoms with Gasteiger partial charge in [0.2, 0.25) is 0 Å². The van der Waals surface area contributed by atoms with Crippen molar-refractivity contribution in [3.05, 3.63) is 48.5 Å². The molecule has 0 saturated heterocycles. The molecule has 0 radical (unpaired) electrons. The van der Waals surface area contributed by atoms with Crippen molar-refractivity contribution >= 4 is 33.5 Å². The molecule has 1 heterocycles. The molecule has 0 bridgehead atoms. The molecular weight excluding hydrogens is 252 g/mol. The largest absolute Gasteiger partial charge is 0.481 e. The summed E-state index contributed by atoms with van der Waals surface area (Å²) < 4.78 is 0. The highest BCUT2D eigenvalue weighted by molar-refractivity contribution is 6.03. The summed E-state index contributed by atoms with van der Waals surface area (Å²) in [7, 11) is 0. The number of benzene rings is 2. The highest BCUT2D eigenvalue weighted by Gasteiger charge is 2.12. The number of carboxylic acids is 1. The molecule has 0 unspecified atom stereocenters. The Hall–Kier alpha value is -2.46. The summed E-state index contributed by atoms with van der Waals surface area (Å²) in [4.78, 5) is 15.3. The van der Waals surface area contributed by atoms with Gasteiger partial charge in [0.25, 0.3) is 0 Å². The van der Waals surface area contributed by atoms with Gasteiger partial charge in [0.05, 0.1) is 34.8 Å². The van der Waals surface area contributed by atoms with Gasteiger partial charge >= 0.3 is 5.97 Å². The Morgan fingerprint density at radius 3 is 2.10 bits per heavy atom. The number of aromatic nitrogens is 1. The first-order valence-electron chi connectivity index (χ1n) is 6.58. The Labute approximate surface area is 116 Å². The number of quaternary nitrogens is 1. The minimum absolute atomic E-state index is 0.144. The third-order valence-corrected chi connectivity index (χ3v) is 3.34. The monoisotopic (exact) mass is 267 g/mol. The lowest BCUT2D eigenvalue weighted by Crippen LogP contribution is -2.78. The molecule has 0 aliphatic rings. The van der Waals surface area contributed by atoms with E-state index in [1.165, 1.54) is 0 Å². The molecule has 0 spiro atoms. The zero-order valence-electron chi connectivity index (χ0n) is 10.9. The topological polar surface area (TPSA) is 66.8 Å². The Bertz CT molecular complexity index is 730. The van der Waals surface area contributed by atoms with Crippen LogP contribution >= 0.6 is 0 Å². The minimum Gasteiger partial charge on any atom is -0.481 e. The molecular formula is C16H15N2O2+. The number of hydrogen-bond donors (Lipinski definition) is 2. The maximum absolute atomic E-state index is 10.7. The first kappa shape index (κ1) is 12.6. The second-order valence-electron chi connectivity index (χ2n) is 4.70. The summed E-state index contributed by atoms with van der Waals surface area (Å²) >= 11 is 0. The van der Waals surface area contributed by atoms with Crippen LogP contribution in [0.3, 0.4) is 0 Å². The SMILES string of the molecule is O=C(O)CC[NH2+]c1c2ccccc2nc2ccccc12. The van der Waals surface area contributed by atoms with E-state index in [1.807, 2.05) is 53.8 Å². The third-order valence-electron chi connectivity index (χ3n) is 3.34. The molecule has 1 aromatic heterocycles. The summed E-state index contributed by atoms with van der Waals surface area (Å²) in [5.41, 5.74) is 2.95. The van der Waals surface area contributed by atoms with Gasteiger partial charge < -0.3 is 10.4 Å². The first-order valence-corrected chi connectivity index (χ1v) is 6.58. The van der Waals surface area contributed by atoms with Crippen LogP contribution in [0.25, 0.3) is 21.8 Å². The molecule has 3 aromatic rings. The number of hydrogen-bond acceptors (Lipinski definition) is 2. The molecule has 0 amide bonds. The highest BCUT2D eigenvalue weighted by atomic mass is 16.4. The average molecular weight is 267 g/mol. The molecule has 0 aliphatic carbocycles. The molecule has 3 N–H and O–H groups in total.